The maximum absolute atomic E-state index is 12.3. The highest BCUT2D eigenvalue weighted by Gasteiger charge is 2.23. The summed E-state index contributed by atoms with van der Waals surface area (Å²) < 4.78 is 6.00. The lowest BCUT2D eigenvalue weighted by atomic mass is 9.97. The molecule has 0 spiro atoms. The van der Waals surface area contributed by atoms with Crippen molar-refractivity contribution in [1.29, 1.82) is 0 Å². The first kappa shape index (κ1) is 18.2. The molecule has 0 bridgehead atoms. The second kappa shape index (κ2) is 7.61. The molecule has 0 radical (unpaired) electrons. The fourth-order valence-corrected chi connectivity index (χ4v) is 2.44. The van der Waals surface area contributed by atoms with Crippen LogP contribution in [0.2, 0.25) is 0 Å². The number of aromatic amines is 1. The third-order valence-electron chi connectivity index (χ3n) is 3.89. The number of ether oxygens (including phenoxy) is 1. The highest BCUT2D eigenvalue weighted by Crippen LogP contribution is 2.20. The lowest BCUT2D eigenvalue weighted by Crippen LogP contribution is -2.36. The zero-order chi connectivity index (χ0) is 18.6. The molecule has 2 aromatic rings. The van der Waals surface area contributed by atoms with E-state index in [1.165, 1.54) is 7.05 Å². The predicted octanol–water partition coefficient (Wildman–Crippen LogP) is 0.576. The quantitative estimate of drug-likeness (QED) is 0.583. The van der Waals surface area contributed by atoms with Crippen LogP contribution in [0.15, 0.2) is 39.9 Å². The van der Waals surface area contributed by atoms with Crippen molar-refractivity contribution in [2.24, 2.45) is 7.05 Å². The van der Waals surface area contributed by atoms with Gasteiger partial charge in [0.15, 0.2) is 6.61 Å². The number of Topliss-reactive ketones (excluding diaryl/α,β-unsaturated/α-hetero) is 1. The van der Waals surface area contributed by atoms with E-state index < -0.39 is 41.1 Å². The van der Waals surface area contributed by atoms with Crippen LogP contribution in [0, 0.1) is 0 Å². The van der Waals surface area contributed by atoms with Gasteiger partial charge in [0.05, 0.1) is 5.92 Å². The van der Waals surface area contributed by atoms with Crippen molar-refractivity contribution in [1.82, 2.24) is 9.55 Å². The SMILES string of the molecule is CC[C@@H](C(=O)OCC(=O)c1c(N)n(C)c(=O)[nH]c1=O)c1ccccc1. The Labute approximate surface area is 143 Å². The molecule has 0 aliphatic rings. The number of nitrogens with zero attached hydrogens (tertiary/aromatic N) is 1. The Morgan fingerprint density at radius 3 is 2.48 bits per heavy atom. The summed E-state index contributed by atoms with van der Waals surface area (Å²) >= 11 is 0. The van der Waals surface area contributed by atoms with Crippen LogP contribution >= 0.6 is 0 Å². The number of nitrogens with one attached hydrogen (secondary N) is 1. The van der Waals surface area contributed by atoms with Gasteiger partial charge < -0.3 is 10.5 Å². The Hall–Kier alpha value is -3.16. The highest BCUT2D eigenvalue weighted by atomic mass is 16.5. The van der Waals surface area contributed by atoms with Crippen LogP contribution in [0.3, 0.4) is 0 Å². The molecule has 1 heterocycles. The summed E-state index contributed by atoms with van der Waals surface area (Å²) in [6.07, 6.45) is 0.500. The van der Waals surface area contributed by atoms with Gasteiger partial charge in [-0.05, 0) is 12.0 Å². The molecular formula is C17H19N3O5. The average Bonchev–Trinajstić information content (AvgIpc) is 2.59. The van der Waals surface area contributed by atoms with Crippen molar-refractivity contribution in [3.05, 3.63) is 62.3 Å². The Morgan fingerprint density at radius 1 is 1.24 bits per heavy atom. The Kier molecular flexibility index (Phi) is 5.53. The first-order chi connectivity index (χ1) is 11.9. The van der Waals surface area contributed by atoms with Crippen molar-refractivity contribution in [2.45, 2.75) is 19.3 Å². The molecule has 0 saturated carbocycles. The second-order valence-corrected chi connectivity index (χ2v) is 5.48. The number of esters is 1. The molecule has 0 aliphatic heterocycles. The van der Waals surface area contributed by atoms with Gasteiger partial charge >= 0.3 is 11.7 Å². The van der Waals surface area contributed by atoms with Gasteiger partial charge in [-0.2, -0.15) is 0 Å². The normalized spacial score (nSPS) is 11.8. The van der Waals surface area contributed by atoms with Gasteiger partial charge in [0, 0.05) is 7.05 Å². The van der Waals surface area contributed by atoms with E-state index in [4.69, 9.17) is 10.5 Å². The first-order valence-corrected chi connectivity index (χ1v) is 7.70. The molecule has 1 atom stereocenters. The van der Waals surface area contributed by atoms with E-state index in [1.54, 1.807) is 24.3 Å². The van der Waals surface area contributed by atoms with Crippen LogP contribution in [-0.4, -0.2) is 27.9 Å². The first-order valence-electron chi connectivity index (χ1n) is 7.70. The second-order valence-electron chi connectivity index (χ2n) is 5.48. The maximum Gasteiger partial charge on any atom is 0.329 e. The number of rotatable bonds is 6. The fourth-order valence-electron chi connectivity index (χ4n) is 2.44. The van der Waals surface area contributed by atoms with Crippen LogP contribution in [0.1, 0.15) is 35.2 Å². The Balaban J connectivity index is 2.15. The fraction of sp³-hybridized carbons (Fsp3) is 0.294. The number of H-pyrrole nitrogens is 1. The molecule has 0 amide bonds. The van der Waals surface area contributed by atoms with E-state index in [9.17, 15) is 19.2 Å². The van der Waals surface area contributed by atoms with Gasteiger partial charge in [0.25, 0.3) is 5.56 Å². The summed E-state index contributed by atoms with van der Waals surface area (Å²) in [7, 11) is 1.32. The monoisotopic (exact) mass is 345 g/mol. The number of anilines is 1. The number of benzene rings is 1. The van der Waals surface area contributed by atoms with Crippen molar-refractivity contribution in [2.75, 3.05) is 12.3 Å². The third-order valence-corrected chi connectivity index (χ3v) is 3.89. The number of carbonyl (C=O) groups excluding carboxylic acids is 2. The number of nitrogens with two attached hydrogens (primary N) is 1. The number of hydrogen-bond acceptors (Lipinski definition) is 6. The van der Waals surface area contributed by atoms with Gasteiger partial charge in [-0.1, -0.05) is 37.3 Å². The number of carbonyl (C=O) groups is 2. The summed E-state index contributed by atoms with van der Waals surface area (Å²) in [5.74, 6) is -2.12. The molecule has 0 saturated heterocycles. The van der Waals surface area contributed by atoms with Crippen LogP contribution < -0.4 is 17.0 Å². The number of hydrogen-bond donors (Lipinski definition) is 2. The average molecular weight is 345 g/mol. The highest BCUT2D eigenvalue weighted by molar-refractivity contribution is 6.01. The zero-order valence-electron chi connectivity index (χ0n) is 13.9. The van der Waals surface area contributed by atoms with Crippen molar-refractivity contribution < 1.29 is 14.3 Å². The maximum atomic E-state index is 12.3. The molecule has 0 aliphatic carbocycles. The van der Waals surface area contributed by atoms with E-state index in [-0.39, 0.29) is 5.82 Å². The minimum absolute atomic E-state index is 0.273. The molecule has 2 rings (SSSR count). The minimum Gasteiger partial charge on any atom is -0.457 e. The Bertz CT molecular complexity index is 899. The van der Waals surface area contributed by atoms with E-state index in [0.717, 1.165) is 10.1 Å². The van der Waals surface area contributed by atoms with E-state index in [1.807, 2.05) is 18.0 Å². The van der Waals surface area contributed by atoms with E-state index >= 15 is 0 Å². The van der Waals surface area contributed by atoms with E-state index in [2.05, 4.69) is 0 Å². The van der Waals surface area contributed by atoms with Gasteiger partial charge in [0.2, 0.25) is 5.78 Å². The molecule has 8 nitrogen and oxygen atoms in total. The summed E-state index contributed by atoms with van der Waals surface area (Å²) in [4.78, 5) is 49.7. The third kappa shape index (κ3) is 3.85. The van der Waals surface area contributed by atoms with Crippen LogP contribution in [-0.2, 0) is 16.6 Å². The van der Waals surface area contributed by atoms with Crippen LogP contribution in [0.5, 0.6) is 0 Å². The van der Waals surface area contributed by atoms with E-state index in [0.29, 0.717) is 6.42 Å². The lowest BCUT2D eigenvalue weighted by molar-refractivity contribution is -0.144. The Morgan fingerprint density at radius 2 is 1.88 bits per heavy atom. The van der Waals surface area contributed by atoms with Crippen molar-refractivity contribution in [3.63, 3.8) is 0 Å². The standard InChI is InChI=1S/C17H19N3O5/c1-3-11(10-7-5-4-6-8-10)16(23)25-9-12(21)13-14(18)20(2)17(24)19-15(13)22/h4-8,11H,3,9,18H2,1-2H3,(H,19,22,24)/t11-/m1/s1. The molecule has 1 aromatic carbocycles. The smallest absolute Gasteiger partial charge is 0.329 e. The summed E-state index contributed by atoms with van der Waals surface area (Å²) in [5.41, 5.74) is 4.39. The zero-order valence-corrected chi connectivity index (χ0v) is 13.9. The summed E-state index contributed by atoms with van der Waals surface area (Å²) in [5, 5.41) is 0. The minimum atomic E-state index is -0.906. The van der Waals surface area contributed by atoms with Crippen molar-refractivity contribution in [3.8, 4) is 0 Å². The van der Waals surface area contributed by atoms with Gasteiger partial charge in [-0.3, -0.25) is 23.9 Å². The lowest BCUT2D eigenvalue weighted by Gasteiger charge is -2.14. The largest absolute Gasteiger partial charge is 0.457 e. The molecular weight excluding hydrogens is 326 g/mol. The number of nitrogen functional groups attached to an aromatic ring is 1. The molecule has 0 unspecified atom stereocenters. The van der Waals surface area contributed by atoms with Gasteiger partial charge in [0.1, 0.15) is 11.4 Å². The van der Waals surface area contributed by atoms with Gasteiger partial charge in [-0.15, -0.1) is 0 Å². The molecule has 0 fully saturated rings. The number of aromatic nitrogens is 2. The predicted molar refractivity (Wildman–Crippen MR) is 91.5 cm³/mol. The molecule has 3 N–H and O–H groups in total. The summed E-state index contributed by atoms with van der Waals surface area (Å²) in [6.45, 7) is 1.20. The molecule has 25 heavy (non-hydrogen) atoms. The molecule has 1 aromatic heterocycles. The number of ketones is 1. The van der Waals surface area contributed by atoms with Crippen LogP contribution in [0.25, 0.3) is 0 Å². The molecule has 132 valence electrons. The molecule has 8 heteroatoms. The van der Waals surface area contributed by atoms with Gasteiger partial charge in [-0.25, -0.2) is 4.79 Å². The summed E-state index contributed by atoms with van der Waals surface area (Å²) in [6, 6.07) is 9.04. The topological polar surface area (TPSA) is 124 Å². The van der Waals surface area contributed by atoms with Crippen LogP contribution in [0.4, 0.5) is 5.82 Å². The van der Waals surface area contributed by atoms with Crippen molar-refractivity contribution >= 4 is 17.6 Å².